The third-order valence-corrected chi connectivity index (χ3v) is 4.85. The van der Waals surface area contributed by atoms with E-state index in [9.17, 15) is 13.2 Å². The van der Waals surface area contributed by atoms with Gasteiger partial charge < -0.3 is 9.64 Å². The maximum Gasteiger partial charge on any atom is 0.422 e. The van der Waals surface area contributed by atoms with E-state index in [1.807, 2.05) is 6.07 Å². The fraction of sp³-hybridized carbons (Fsp3) is 0.667. The van der Waals surface area contributed by atoms with Gasteiger partial charge >= 0.3 is 6.18 Å². The fourth-order valence-electron chi connectivity index (χ4n) is 3.71. The zero-order valence-electron chi connectivity index (χ0n) is 13.9. The number of hydrogen-bond acceptors (Lipinski definition) is 3. The zero-order chi connectivity index (χ0) is 17.0. The molecule has 1 unspecified atom stereocenters. The molecule has 0 aliphatic carbocycles. The van der Waals surface area contributed by atoms with E-state index in [1.54, 1.807) is 18.2 Å². The second-order valence-corrected chi connectivity index (χ2v) is 6.83. The molecule has 0 aromatic heterocycles. The highest BCUT2D eigenvalue weighted by Crippen LogP contribution is 2.24. The van der Waals surface area contributed by atoms with E-state index < -0.39 is 12.8 Å². The highest BCUT2D eigenvalue weighted by Gasteiger charge is 2.29. The van der Waals surface area contributed by atoms with Crippen molar-refractivity contribution in [2.24, 2.45) is 0 Å². The van der Waals surface area contributed by atoms with Gasteiger partial charge in [-0.05, 0) is 63.0 Å². The smallest absolute Gasteiger partial charge is 0.422 e. The molecule has 2 saturated heterocycles. The minimum absolute atomic E-state index is 0.292. The lowest BCUT2D eigenvalue weighted by atomic mass is 10.1. The van der Waals surface area contributed by atoms with Crippen LogP contribution in [0.25, 0.3) is 0 Å². The van der Waals surface area contributed by atoms with E-state index in [-0.39, 0.29) is 0 Å². The Morgan fingerprint density at radius 2 is 1.88 bits per heavy atom. The van der Waals surface area contributed by atoms with Crippen LogP contribution in [0.2, 0.25) is 0 Å². The van der Waals surface area contributed by atoms with Crippen LogP contribution in [-0.2, 0) is 6.54 Å². The molecule has 2 fully saturated rings. The number of hydrogen-bond donors (Lipinski definition) is 0. The summed E-state index contributed by atoms with van der Waals surface area (Å²) in [6, 6.07) is 7.61. The van der Waals surface area contributed by atoms with Gasteiger partial charge in [-0.15, -0.1) is 0 Å². The number of ether oxygens (including phenoxy) is 1. The van der Waals surface area contributed by atoms with Crippen LogP contribution >= 0.6 is 0 Å². The Hall–Kier alpha value is -1.27. The Labute approximate surface area is 141 Å². The number of likely N-dealkylation sites (tertiary alicyclic amines) is 2. The summed E-state index contributed by atoms with van der Waals surface area (Å²) in [7, 11) is 0. The molecule has 3 nitrogen and oxygen atoms in total. The molecule has 1 atom stereocenters. The van der Waals surface area contributed by atoms with Crippen molar-refractivity contribution in [2.75, 3.05) is 32.8 Å². The maximum absolute atomic E-state index is 12.3. The second kappa shape index (κ2) is 7.74. The topological polar surface area (TPSA) is 15.7 Å². The molecule has 134 valence electrons. The van der Waals surface area contributed by atoms with Crippen LogP contribution in [0.1, 0.15) is 31.2 Å². The Kier molecular flexibility index (Phi) is 5.66. The first kappa shape index (κ1) is 17.5. The first-order valence-corrected chi connectivity index (χ1v) is 8.74. The second-order valence-electron chi connectivity index (χ2n) is 6.83. The van der Waals surface area contributed by atoms with Crippen LogP contribution in [0.4, 0.5) is 13.2 Å². The molecule has 2 aliphatic heterocycles. The van der Waals surface area contributed by atoms with Gasteiger partial charge in [0.2, 0.25) is 0 Å². The number of benzene rings is 1. The lowest BCUT2D eigenvalue weighted by Gasteiger charge is -2.28. The van der Waals surface area contributed by atoms with Gasteiger partial charge in [-0.1, -0.05) is 12.1 Å². The Morgan fingerprint density at radius 1 is 1.08 bits per heavy atom. The quantitative estimate of drug-likeness (QED) is 0.784. The van der Waals surface area contributed by atoms with Crippen LogP contribution in [-0.4, -0.2) is 54.8 Å². The number of nitrogens with zero attached hydrogens (tertiary/aromatic N) is 2. The molecule has 2 aliphatic rings. The Morgan fingerprint density at radius 3 is 2.62 bits per heavy atom. The van der Waals surface area contributed by atoms with Gasteiger partial charge in [-0.25, -0.2) is 0 Å². The summed E-state index contributed by atoms with van der Waals surface area (Å²) in [4.78, 5) is 4.99. The van der Waals surface area contributed by atoms with Gasteiger partial charge in [0.1, 0.15) is 5.75 Å². The van der Waals surface area contributed by atoms with E-state index >= 15 is 0 Å². The standard InChI is InChI=1S/C18H25F3N2O/c19-18(20,21)14-24-17-7-3-5-15(11-17)12-23-10-4-6-16(23)13-22-8-1-2-9-22/h3,5,7,11,16H,1-2,4,6,8-10,12-14H2. The minimum Gasteiger partial charge on any atom is -0.484 e. The Bertz CT molecular complexity index is 529. The summed E-state index contributed by atoms with van der Waals surface area (Å²) in [5.41, 5.74) is 1.02. The van der Waals surface area contributed by atoms with Gasteiger partial charge in [-0.2, -0.15) is 13.2 Å². The van der Waals surface area contributed by atoms with Crippen molar-refractivity contribution in [3.63, 3.8) is 0 Å². The molecule has 0 bridgehead atoms. The van der Waals surface area contributed by atoms with E-state index in [2.05, 4.69) is 9.80 Å². The van der Waals surface area contributed by atoms with Crippen molar-refractivity contribution in [1.82, 2.24) is 9.80 Å². The molecule has 0 spiro atoms. The van der Waals surface area contributed by atoms with Crippen molar-refractivity contribution in [2.45, 2.75) is 44.4 Å². The van der Waals surface area contributed by atoms with Crippen LogP contribution in [0.3, 0.4) is 0 Å². The normalized spacial score (nSPS) is 23.0. The van der Waals surface area contributed by atoms with E-state index in [1.165, 1.54) is 38.8 Å². The van der Waals surface area contributed by atoms with Gasteiger partial charge in [0, 0.05) is 19.1 Å². The van der Waals surface area contributed by atoms with Crippen molar-refractivity contribution in [1.29, 1.82) is 0 Å². The first-order valence-electron chi connectivity index (χ1n) is 8.74. The summed E-state index contributed by atoms with van der Waals surface area (Å²) in [5, 5.41) is 0. The average molecular weight is 342 g/mol. The van der Waals surface area contributed by atoms with E-state index in [0.29, 0.717) is 11.8 Å². The molecule has 0 radical (unpaired) electrons. The molecule has 2 heterocycles. The molecule has 1 aromatic rings. The monoisotopic (exact) mass is 342 g/mol. The highest BCUT2D eigenvalue weighted by molar-refractivity contribution is 5.28. The van der Waals surface area contributed by atoms with Crippen molar-refractivity contribution < 1.29 is 17.9 Å². The summed E-state index contributed by atoms with van der Waals surface area (Å²) in [5.74, 6) is 0.292. The largest absolute Gasteiger partial charge is 0.484 e. The van der Waals surface area contributed by atoms with Crippen LogP contribution in [0.5, 0.6) is 5.75 Å². The van der Waals surface area contributed by atoms with Crippen molar-refractivity contribution in [3.8, 4) is 5.75 Å². The molecule has 1 aromatic carbocycles. The van der Waals surface area contributed by atoms with Crippen LogP contribution in [0, 0.1) is 0 Å². The summed E-state index contributed by atoms with van der Waals surface area (Å²) in [6.07, 6.45) is 0.700. The van der Waals surface area contributed by atoms with Gasteiger partial charge in [0.25, 0.3) is 0 Å². The molecule has 0 N–H and O–H groups in total. The van der Waals surface area contributed by atoms with Crippen LogP contribution < -0.4 is 4.74 Å². The third-order valence-electron chi connectivity index (χ3n) is 4.85. The zero-order valence-corrected chi connectivity index (χ0v) is 13.9. The molecule has 0 amide bonds. The summed E-state index contributed by atoms with van der Waals surface area (Å²) >= 11 is 0. The molecule has 3 rings (SSSR count). The highest BCUT2D eigenvalue weighted by atomic mass is 19.4. The lowest BCUT2D eigenvalue weighted by molar-refractivity contribution is -0.153. The van der Waals surface area contributed by atoms with Gasteiger partial charge in [0.05, 0.1) is 0 Å². The predicted octanol–water partition coefficient (Wildman–Crippen LogP) is 3.69. The molecule has 24 heavy (non-hydrogen) atoms. The summed E-state index contributed by atoms with van der Waals surface area (Å²) in [6.45, 7) is 4.12. The first-order chi connectivity index (χ1) is 11.5. The molecular weight excluding hydrogens is 317 g/mol. The average Bonchev–Trinajstić information content (AvgIpc) is 3.18. The predicted molar refractivity (Wildman–Crippen MR) is 87.1 cm³/mol. The third kappa shape index (κ3) is 5.11. The van der Waals surface area contributed by atoms with E-state index in [4.69, 9.17) is 4.74 Å². The number of alkyl halides is 3. The van der Waals surface area contributed by atoms with Gasteiger partial charge in [-0.3, -0.25) is 4.90 Å². The number of rotatable bonds is 6. The van der Waals surface area contributed by atoms with Crippen LogP contribution in [0.15, 0.2) is 24.3 Å². The Balaban J connectivity index is 1.56. The minimum atomic E-state index is -4.30. The molecule has 0 saturated carbocycles. The van der Waals surface area contributed by atoms with Crippen molar-refractivity contribution in [3.05, 3.63) is 29.8 Å². The van der Waals surface area contributed by atoms with Gasteiger partial charge in [0.15, 0.2) is 6.61 Å². The summed E-state index contributed by atoms with van der Waals surface area (Å²) < 4.78 is 41.7. The molecular formula is C18H25F3N2O. The lowest BCUT2D eigenvalue weighted by Crippen LogP contribution is -2.38. The number of halogens is 3. The maximum atomic E-state index is 12.3. The SMILES string of the molecule is FC(F)(F)COc1cccc(CN2CCCC2CN2CCCC2)c1. The van der Waals surface area contributed by atoms with Crippen molar-refractivity contribution >= 4 is 0 Å². The van der Waals surface area contributed by atoms with E-state index in [0.717, 1.165) is 25.2 Å². The molecule has 6 heteroatoms. The fourth-order valence-corrected chi connectivity index (χ4v) is 3.71.